The van der Waals surface area contributed by atoms with Crippen LogP contribution in [0.25, 0.3) is 22.3 Å². The van der Waals surface area contributed by atoms with E-state index in [1.807, 2.05) is 0 Å². The first-order valence-corrected chi connectivity index (χ1v) is 16.7. The van der Waals surface area contributed by atoms with E-state index in [1.54, 1.807) is 0 Å². The molecule has 0 spiro atoms. The monoisotopic (exact) mass is 674 g/mol. The number of nitrogen functional groups attached to an aromatic ring is 2. The van der Waals surface area contributed by atoms with Crippen molar-refractivity contribution in [2.24, 2.45) is 0 Å². The second-order valence-electron chi connectivity index (χ2n) is 9.91. The number of ether oxygens (including phenoxy) is 2. The molecule has 6 N–H and O–H groups in total. The van der Waals surface area contributed by atoms with Gasteiger partial charge in [-0.2, -0.15) is 13.1 Å². The minimum Gasteiger partial charge on any atom is -0.780 e. The van der Waals surface area contributed by atoms with E-state index in [0.717, 1.165) is 6.33 Å². The summed E-state index contributed by atoms with van der Waals surface area (Å²) in [5.74, 6) is 0.0946. The van der Waals surface area contributed by atoms with Gasteiger partial charge in [0.2, 0.25) is 0 Å². The number of nitrogens with zero attached hydrogens (tertiary/aromatic N) is 8. The largest absolute Gasteiger partial charge is 0.780 e. The fourth-order valence-corrected chi connectivity index (χ4v) is 7.62. The highest BCUT2D eigenvalue weighted by Gasteiger charge is 2.52. The van der Waals surface area contributed by atoms with Crippen molar-refractivity contribution in [3.05, 3.63) is 25.3 Å². The van der Waals surface area contributed by atoms with Crippen molar-refractivity contribution in [3.63, 3.8) is 0 Å². The number of imidazole rings is 2. The lowest BCUT2D eigenvalue weighted by Gasteiger charge is -2.34. The van der Waals surface area contributed by atoms with E-state index < -0.39 is 79.3 Å². The van der Waals surface area contributed by atoms with E-state index in [1.165, 1.54) is 28.1 Å². The standard InChI is InChI=1S/C20H23FN11O9PS2/c21-9-13-7(38-19(9)31-5-28-10-15(22)24-3-26-17(10)31)1-30-44(35,36)41-14-8(2-37-42(34,43)40-13)39-20(12(14)33)32-6-29-11-16(23)25-4-27-18(11)32/h3-9,12-14,19-20,30,33H,1-2H2,(H,34,43)(H2,22,24,26)(H2,23,25,27)/p-1/t7-,8-,9-,12-,13-,14-,19-,20-,42?/m1/s1. The highest BCUT2D eigenvalue weighted by Crippen LogP contribution is 2.48. The smallest absolute Gasteiger partial charge is 0.336 e. The second-order valence-corrected chi connectivity index (χ2v) is 14.0. The summed E-state index contributed by atoms with van der Waals surface area (Å²) < 4.78 is 74.4. The first-order valence-electron chi connectivity index (χ1n) is 12.7. The summed E-state index contributed by atoms with van der Waals surface area (Å²) >= 11 is 5.04. The molecule has 1 unspecified atom stereocenters. The van der Waals surface area contributed by atoms with Crippen molar-refractivity contribution in [1.29, 1.82) is 0 Å². The highest BCUT2D eigenvalue weighted by atomic mass is 32.5. The molecule has 3 saturated heterocycles. The maximum Gasteiger partial charge on any atom is 0.336 e. The van der Waals surface area contributed by atoms with Crippen LogP contribution >= 0.6 is 6.72 Å². The minimum absolute atomic E-state index is 0.0362. The Morgan fingerprint density at radius 2 is 1.57 bits per heavy atom. The molecule has 3 aliphatic rings. The zero-order chi connectivity index (χ0) is 31.0. The number of hydrogen-bond donors (Lipinski definition) is 4. The quantitative estimate of drug-likeness (QED) is 0.161. The molecule has 7 heterocycles. The Labute approximate surface area is 251 Å². The zero-order valence-electron chi connectivity index (χ0n) is 21.9. The number of nitrogens with one attached hydrogen (secondary N) is 1. The van der Waals surface area contributed by atoms with Gasteiger partial charge in [-0.1, -0.05) is 11.8 Å². The molecule has 3 fully saturated rings. The number of aliphatic hydroxyl groups is 1. The predicted octanol–water partition coefficient (Wildman–Crippen LogP) is -2.46. The van der Waals surface area contributed by atoms with E-state index in [9.17, 15) is 18.4 Å². The molecule has 0 aromatic carbocycles. The molecule has 0 amide bonds. The number of fused-ring (bicyclic) bond motifs is 4. The number of aromatic nitrogens is 8. The molecular weight excluding hydrogens is 652 g/mol. The summed E-state index contributed by atoms with van der Waals surface area (Å²) in [6, 6.07) is 0. The van der Waals surface area contributed by atoms with Crippen LogP contribution < -0.4 is 21.1 Å². The molecule has 236 valence electrons. The second kappa shape index (κ2) is 10.8. The van der Waals surface area contributed by atoms with Gasteiger partial charge in [-0.25, -0.2) is 38.5 Å². The maximum atomic E-state index is 15.9. The summed E-state index contributed by atoms with van der Waals surface area (Å²) in [7, 11) is -4.66. The molecule has 0 saturated carbocycles. The summed E-state index contributed by atoms with van der Waals surface area (Å²) in [5.41, 5.74) is 12.3. The number of alkyl halides is 1. The molecule has 0 aliphatic carbocycles. The van der Waals surface area contributed by atoms with Crippen LogP contribution in [0.1, 0.15) is 12.5 Å². The van der Waals surface area contributed by atoms with Crippen LogP contribution in [0.2, 0.25) is 0 Å². The van der Waals surface area contributed by atoms with E-state index in [2.05, 4.69) is 34.6 Å². The minimum atomic E-state index is -4.66. The van der Waals surface area contributed by atoms with Crippen LogP contribution in [0, 0.1) is 0 Å². The van der Waals surface area contributed by atoms with Gasteiger partial charge in [-0.15, -0.1) is 0 Å². The third kappa shape index (κ3) is 5.08. The number of nitrogens with two attached hydrogens (primary N) is 2. The van der Waals surface area contributed by atoms with Crippen molar-refractivity contribution < 1.29 is 45.5 Å². The average molecular weight is 675 g/mol. The molecule has 20 nitrogen and oxygen atoms in total. The molecule has 4 aromatic rings. The Hall–Kier alpha value is -3.09. The number of rotatable bonds is 2. The van der Waals surface area contributed by atoms with Gasteiger partial charge in [0.05, 0.1) is 19.3 Å². The third-order valence-electron chi connectivity index (χ3n) is 7.25. The molecular formula is C20H22FN11O9PS2-. The molecule has 9 atom stereocenters. The third-order valence-corrected chi connectivity index (χ3v) is 9.78. The van der Waals surface area contributed by atoms with E-state index in [4.69, 9.17) is 46.0 Å². The van der Waals surface area contributed by atoms with E-state index >= 15 is 4.39 Å². The Morgan fingerprint density at radius 1 is 0.977 bits per heavy atom. The van der Waals surface area contributed by atoms with Crippen LogP contribution in [0.5, 0.6) is 0 Å². The van der Waals surface area contributed by atoms with Crippen LogP contribution in [-0.2, 0) is 44.8 Å². The first kappa shape index (κ1) is 29.6. The molecule has 0 bridgehead atoms. The van der Waals surface area contributed by atoms with Crippen LogP contribution in [0.15, 0.2) is 25.3 Å². The molecule has 3 aliphatic heterocycles. The van der Waals surface area contributed by atoms with Gasteiger partial charge in [0.15, 0.2) is 41.6 Å². The van der Waals surface area contributed by atoms with Gasteiger partial charge in [-0.3, -0.25) is 9.13 Å². The van der Waals surface area contributed by atoms with Crippen molar-refractivity contribution in [2.45, 2.75) is 49.1 Å². The number of halogens is 1. The Kier molecular flexibility index (Phi) is 7.25. The zero-order valence-corrected chi connectivity index (χ0v) is 24.5. The summed E-state index contributed by atoms with van der Waals surface area (Å²) in [6.45, 7) is -5.79. The van der Waals surface area contributed by atoms with Gasteiger partial charge in [0.1, 0.15) is 60.9 Å². The average Bonchev–Trinajstić information content (AvgIpc) is 3.73. The van der Waals surface area contributed by atoms with Crippen molar-refractivity contribution in [2.75, 3.05) is 24.6 Å². The maximum absolute atomic E-state index is 15.9. The van der Waals surface area contributed by atoms with Gasteiger partial charge in [0.25, 0.3) is 0 Å². The summed E-state index contributed by atoms with van der Waals surface area (Å²) in [5, 5.41) is 11.1. The van der Waals surface area contributed by atoms with Gasteiger partial charge < -0.3 is 40.0 Å². The lowest BCUT2D eigenvalue weighted by Crippen LogP contribution is -2.46. The van der Waals surface area contributed by atoms with Gasteiger partial charge in [0, 0.05) is 6.54 Å². The number of anilines is 2. The molecule has 24 heteroatoms. The highest BCUT2D eigenvalue weighted by molar-refractivity contribution is 8.06. The molecule has 0 radical (unpaired) electrons. The number of hydrogen-bond acceptors (Lipinski definition) is 18. The van der Waals surface area contributed by atoms with Crippen molar-refractivity contribution >= 4 is 62.8 Å². The SMILES string of the molecule is Nc1ncnc2c1ncn2[C@@H]1O[C@@H]2COP([O-])(=S)O[C@H]3[C@@H](F)[C@H](n4cnc5c(N)ncnc54)O[C@@H]3CNS(=O)(=O)O[C@H]2[C@H]1O. The molecule has 7 rings (SSSR count). The van der Waals surface area contributed by atoms with Crippen molar-refractivity contribution in [1.82, 2.24) is 43.8 Å². The van der Waals surface area contributed by atoms with Crippen LogP contribution in [-0.4, -0.2) is 102 Å². The van der Waals surface area contributed by atoms with E-state index in [0.29, 0.717) is 0 Å². The lowest BCUT2D eigenvalue weighted by atomic mass is 10.1. The Bertz CT molecular complexity index is 1900. The van der Waals surface area contributed by atoms with Crippen LogP contribution in [0.4, 0.5) is 16.0 Å². The number of aliphatic hydroxyl groups excluding tert-OH is 1. The predicted molar refractivity (Wildman–Crippen MR) is 145 cm³/mol. The normalized spacial score (nSPS) is 36.1. The van der Waals surface area contributed by atoms with Gasteiger partial charge >= 0.3 is 10.3 Å². The first-order chi connectivity index (χ1) is 20.9. The van der Waals surface area contributed by atoms with Crippen LogP contribution in [0.3, 0.4) is 0 Å². The molecule has 4 aromatic heterocycles. The fourth-order valence-electron chi connectivity index (χ4n) is 5.23. The fraction of sp³-hybridized carbons (Fsp3) is 0.500. The lowest BCUT2D eigenvalue weighted by molar-refractivity contribution is -0.216. The van der Waals surface area contributed by atoms with Crippen molar-refractivity contribution in [3.8, 4) is 0 Å². The summed E-state index contributed by atoms with van der Waals surface area (Å²) in [6.07, 6.45) is -7.75. The molecule has 44 heavy (non-hydrogen) atoms. The topological polar surface area (TPSA) is 275 Å². The Balaban J connectivity index is 1.17. The summed E-state index contributed by atoms with van der Waals surface area (Å²) in [4.78, 5) is 37.3. The van der Waals surface area contributed by atoms with E-state index in [-0.39, 0.29) is 34.0 Å². The Morgan fingerprint density at radius 3 is 2.20 bits per heavy atom. The van der Waals surface area contributed by atoms with Gasteiger partial charge in [-0.05, 0) is 0 Å².